The van der Waals surface area contributed by atoms with E-state index in [1.54, 1.807) is 13.2 Å². The maximum absolute atomic E-state index is 12.1. The highest BCUT2D eigenvalue weighted by Crippen LogP contribution is 2.14. The zero-order valence-electron chi connectivity index (χ0n) is 13.7. The Hall–Kier alpha value is -1.30. The Morgan fingerprint density at radius 3 is 3.00 bits per heavy atom. The first-order valence-electron chi connectivity index (χ1n) is 8.00. The number of rotatable bonds is 9. The fourth-order valence-electron chi connectivity index (χ4n) is 2.57. The van der Waals surface area contributed by atoms with Crippen molar-refractivity contribution in [3.05, 3.63) is 29.8 Å². The summed E-state index contributed by atoms with van der Waals surface area (Å²) in [4.78, 5) is 12.1. The summed E-state index contributed by atoms with van der Waals surface area (Å²) in [6.07, 6.45) is 3.08. The molecule has 1 aromatic carbocycles. The molecule has 1 fully saturated rings. The summed E-state index contributed by atoms with van der Waals surface area (Å²) in [5, 5.41) is 6.33. The van der Waals surface area contributed by atoms with Gasteiger partial charge in [-0.2, -0.15) is 0 Å². The van der Waals surface area contributed by atoms with Crippen molar-refractivity contribution in [1.29, 1.82) is 0 Å². The number of methoxy groups -OCH3 is 1. The first kappa shape index (κ1) is 19.7. The van der Waals surface area contributed by atoms with Crippen LogP contribution in [0.5, 0.6) is 5.75 Å². The van der Waals surface area contributed by atoms with Crippen molar-refractivity contribution >= 4 is 18.3 Å². The summed E-state index contributed by atoms with van der Waals surface area (Å²) in [6, 6.07) is 7.32. The molecule has 0 saturated carbocycles. The standard InChI is InChI=1S/C17H26N2O3.ClH/c1-21-10-3-11-22-16-5-2-4-15(12-16)17(20)19-9-7-14-6-8-18-13-14;/h2,4-5,12,14,18H,3,6-11,13H2,1H3,(H,19,20);1H. The van der Waals surface area contributed by atoms with Crippen LogP contribution in [0.15, 0.2) is 24.3 Å². The Labute approximate surface area is 144 Å². The van der Waals surface area contributed by atoms with Crippen molar-refractivity contribution in [3.63, 3.8) is 0 Å². The first-order chi connectivity index (χ1) is 10.8. The third-order valence-electron chi connectivity index (χ3n) is 3.86. The van der Waals surface area contributed by atoms with Crippen LogP contribution in [0.4, 0.5) is 0 Å². The van der Waals surface area contributed by atoms with E-state index in [9.17, 15) is 4.79 Å². The molecule has 1 heterocycles. The Kier molecular flexibility index (Phi) is 9.67. The van der Waals surface area contributed by atoms with Crippen LogP contribution in [-0.2, 0) is 4.74 Å². The molecule has 1 atom stereocenters. The highest BCUT2D eigenvalue weighted by Gasteiger charge is 2.14. The predicted molar refractivity (Wildman–Crippen MR) is 93.6 cm³/mol. The van der Waals surface area contributed by atoms with Crippen molar-refractivity contribution in [2.24, 2.45) is 5.92 Å². The molecule has 2 rings (SSSR count). The van der Waals surface area contributed by atoms with Gasteiger partial charge in [-0.15, -0.1) is 12.4 Å². The lowest BCUT2D eigenvalue weighted by Crippen LogP contribution is -2.26. The summed E-state index contributed by atoms with van der Waals surface area (Å²) in [6.45, 7) is 4.16. The highest BCUT2D eigenvalue weighted by molar-refractivity contribution is 5.94. The Balaban J connectivity index is 0.00000264. The van der Waals surface area contributed by atoms with Gasteiger partial charge in [-0.3, -0.25) is 4.79 Å². The average Bonchev–Trinajstić information content (AvgIpc) is 3.05. The fourth-order valence-corrected chi connectivity index (χ4v) is 2.57. The monoisotopic (exact) mass is 342 g/mol. The van der Waals surface area contributed by atoms with Gasteiger partial charge in [0.15, 0.2) is 0 Å². The first-order valence-corrected chi connectivity index (χ1v) is 8.00. The predicted octanol–water partition coefficient (Wildman–Crippen LogP) is 2.25. The zero-order valence-corrected chi connectivity index (χ0v) is 14.5. The van der Waals surface area contributed by atoms with Crippen LogP contribution in [0.25, 0.3) is 0 Å². The molecule has 0 radical (unpaired) electrons. The molecule has 0 aromatic heterocycles. The van der Waals surface area contributed by atoms with Gasteiger partial charge in [-0.25, -0.2) is 0 Å². The number of hydrogen-bond donors (Lipinski definition) is 2. The second-order valence-corrected chi connectivity index (χ2v) is 5.63. The molecule has 0 bridgehead atoms. The van der Waals surface area contributed by atoms with Gasteiger partial charge in [0, 0.05) is 32.2 Å². The number of carbonyl (C=O) groups excluding carboxylic acids is 1. The van der Waals surface area contributed by atoms with Crippen molar-refractivity contribution in [1.82, 2.24) is 10.6 Å². The number of benzene rings is 1. The number of hydrogen-bond acceptors (Lipinski definition) is 4. The number of ether oxygens (including phenoxy) is 2. The summed E-state index contributed by atoms with van der Waals surface area (Å²) >= 11 is 0. The molecular formula is C17H27ClN2O3. The summed E-state index contributed by atoms with van der Waals surface area (Å²) in [5.74, 6) is 1.38. The van der Waals surface area contributed by atoms with Crippen LogP contribution in [0.2, 0.25) is 0 Å². The maximum Gasteiger partial charge on any atom is 0.251 e. The Morgan fingerprint density at radius 2 is 2.26 bits per heavy atom. The molecule has 6 heteroatoms. The van der Waals surface area contributed by atoms with Gasteiger partial charge in [0.1, 0.15) is 5.75 Å². The second kappa shape index (κ2) is 11.3. The lowest BCUT2D eigenvalue weighted by Gasteiger charge is -2.10. The molecule has 1 amide bonds. The zero-order chi connectivity index (χ0) is 15.6. The van der Waals surface area contributed by atoms with Crippen LogP contribution in [0.3, 0.4) is 0 Å². The van der Waals surface area contributed by atoms with Gasteiger partial charge >= 0.3 is 0 Å². The molecule has 0 aliphatic carbocycles. The summed E-state index contributed by atoms with van der Waals surface area (Å²) < 4.78 is 10.6. The average molecular weight is 343 g/mol. The summed E-state index contributed by atoms with van der Waals surface area (Å²) in [7, 11) is 1.67. The van der Waals surface area contributed by atoms with Crippen molar-refractivity contribution < 1.29 is 14.3 Å². The molecule has 1 unspecified atom stereocenters. The van der Waals surface area contributed by atoms with Crippen LogP contribution in [0, 0.1) is 5.92 Å². The molecule has 2 N–H and O–H groups in total. The van der Waals surface area contributed by atoms with E-state index in [1.165, 1.54) is 6.42 Å². The normalized spacial score (nSPS) is 16.7. The molecule has 0 spiro atoms. The quantitative estimate of drug-likeness (QED) is 0.676. The topological polar surface area (TPSA) is 59.6 Å². The van der Waals surface area contributed by atoms with Gasteiger partial charge in [-0.1, -0.05) is 6.07 Å². The van der Waals surface area contributed by atoms with E-state index < -0.39 is 0 Å². The third-order valence-corrected chi connectivity index (χ3v) is 3.86. The minimum absolute atomic E-state index is 0. The van der Waals surface area contributed by atoms with Gasteiger partial charge in [-0.05, 0) is 50.0 Å². The molecule has 1 saturated heterocycles. The molecule has 130 valence electrons. The molecule has 23 heavy (non-hydrogen) atoms. The Morgan fingerprint density at radius 1 is 1.39 bits per heavy atom. The SMILES string of the molecule is COCCCOc1cccc(C(=O)NCCC2CCNC2)c1.Cl. The fraction of sp³-hybridized carbons (Fsp3) is 0.588. The van der Waals surface area contributed by atoms with Crippen molar-refractivity contribution in [2.75, 3.05) is 40.0 Å². The van der Waals surface area contributed by atoms with Gasteiger partial charge < -0.3 is 20.1 Å². The van der Waals surface area contributed by atoms with Crippen LogP contribution in [0.1, 0.15) is 29.6 Å². The molecule has 1 aliphatic rings. The van der Waals surface area contributed by atoms with Crippen LogP contribution < -0.4 is 15.4 Å². The number of halogens is 1. The molecule has 5 nitrogen and oxygen atoms in total. The van der Waals surface area contributed by atoms with Crippen molar-refractivity contribution in [2.45, 2.75) is 19.3 Å². The lowest BCUT2D eigenvalue weighted by molar-refractivity contribution is 0.0951. The lowest BCUT2D eigenvalue weighted by atomic mass is 10.1. The van der Waals surface area contributed by atoms with Crippen LogP contribution in [-0.4, -0.2) is 45.9 Å². The van der Waals surface area contributed by atoms with Gasteiger partial charge in [0.2, 0.25) is 0 Å². The van der Waals surface area contributed by atoms with E-state index in [-0.39, 0.29) is 18.3 Å². The highest BCUT2D eigenvalue weighted by atomic mass is 35.5. The maximum atomic E-state index is 12.1. The molecule has 1 aromatic rings. The number of amides is 1. The van der Waals surface area contributed by atoms with Crippen LogP contribution >= 0.6 is 12.4 Å². The largest absolute Gasteiger partial charge is 0.493 e. The molecule has 1 aliphatic heterocycles. The van der Waals surface area contributed by atoms with E-state index >= 15 is 0 Å². The van der Waals surface area contributed by atoms with Crippen molar-refractivity contribution in [3.8, 4) is 5.75 Å². The minimum atomic E-state index is -0.0340. The van der Waals surface area contributed by atoms with Gasteiger partial charge in [0.25, 0.3) is 5.91 Å². The smallest absolute Gasteiger partial charge is 0.251 e. The van der Waals surface area contributed by atoms with E-state index in [0.29, 0.717) is 24.7 Å². The number of nitrogens with one attached hydrogen (secondary N) is 2. The van der Waals surface area contributed by atoms with Gasteiger partial charge in [0.05, 0.1) is 6.61 Å². The van der Waals surface area contributed by atoms with E-state index in [1.807, 2.05) is 18.2 Å². The minimum Gasteiger partial charge on any atom is -0.493 e. The Bertz CT molecular complexity index is 465. The summed E-state index contributed by atoms with van der Waals surface area (Å²) in [5.41, 5.74) is 0.647. The van der Waals surface area contributed by atoms with E-state index in [0.717, 1.165) is 38.2 Å². The number of carbonyl (C=O) groups is 1. The van der Waals surface area contributed by atoms with E-state index in [2.05, 4.69) is 10.6 Å². The third kappa shape index (κ3) is 7.20. The van der Waals surface area contributed by atoms with E-state index in [4.69, 9.17) is 9.47 Å². The second-order valence-electron chi connectivity index (χ2n) is 5.63. The molecular weight excluding hydrogens is 316 g/mol.